The Labute approximate surface area is 115 Å². The van der Waals surface area contributed by atoms with Crippen LogP contribution in [0.1, 0.15) is 25.8 Å². The molecule has 1 aromatic carbocycles. The maximum Gasteiger partial charge on any atom is 0.0455 e. The van der Waals surface area contributed by atoms with Gasteiger partial charge in [0.2, 0.25) is 0 Å². The zero-order valence-electron chi connectivity index (χ0n) is 11.5. The summed E-state index contributed by atoms with van der Waals surface area (Å²) >= 11 is 6.23. The van der Waals surface area contributed by atoms with Gasteiger partial charge in [-0.3, -0.25) is 0 Å². The molecule has 100 valence electrons. The summed E-state index contributed by atoms with van der Waals surface area (Å²) < 4.78 is 0. The molecule has 1 heterocycles. The van der Waals surface area contributed by atoms with Gasteiger partial charge in [0.25, 0.3) is 0 Å². The van der Waals surface area contributed by atoms with Gasteiger partial charge in [0.15, 0.2) is 0 Å². The molecule has 18 heavy (non-hydrogen) atoms. The van der Waals surface area contributed by atoms with Crippen LogP contribution in [0.15, 0.2) is 18.2 Å². The van der Waals surface area contributed by atoms with Crippen LogP contribution in [0, 0.1) is 12.8 Å². The van der Waals surface area contributed by atoms with Gasteiger partial charge < -0.3 is 10.2 Å². The van der Waals surface area contributed by atoms with Gasteiger partial charge in [-0.1, -0.05) is 31.5 Å². The van der Waals surface area contributed by atoms with Crippen LogP contribution in [-0.2, 0) is 0 Å². The lowest BCUT2D eigenvalue weighted by Gasteiger charge is -2.28. The van der Waals surface area contributed by atoms with E-state index in [1.54, 1.807) is 0 Å². The van der Waals surface area contributed by atoms with E-state index in [9.17, 15) is 0 Å². The Kier molecular flexibility index (Phi) is 4.52. The third-order valence-electron chi connectivity index (χ3n) is 3.75. The number of rotatable bonds is 2. The predicted octanol–water partition coefficient (Wildman–Crippen LogP) is 3.47. The maximum absolute atomic E-state index is 6.23. The summed E-state index contributed by atoms with van der Waals surface area (Å²) in [6.45, 7) is 9.89. The van der Waals surface area contributed by atoms with E-state index in [2.05, 4.69) is 42.3 Å². The molecule has 1 atom stereocenters. The second-order valence-electron chi connectivity index (χ2n) is 5.54. The van der Waals surface area contributed by atoms with Crippen LogP contribution in [0.5, 0.6) is 0 Å². The second kappa shape index (κ2) is 5.94. The first-order valence-corrected chi connectivity index (χ1v) is 7.20. The number of benzene rings is 1. The number of nitrogens with one attached hydrogen (secondary N) is 1. The molecule has 0 aliphatic carbocycles. The molecular weight excluding hydrogens is 244 g/mol. The van der Waals surface area contributed by atoms with Crippen molar-refractivity contribution < 1.29 is 0 Å². The first kappa shape index (κ1) is 13.7. The van der Waals surface area contributed by atoms with Crippen LogP contribution < -0.4 is 10.2 Å². The highest BCUT2D eigenvalue weighted by Crippen LogP contribution is 2.24. The lowest BCUT2D eigenvalue weighted by atomic mass is 10.0. The topological polar surface area (TPSA) is 15.3 Å². The summed E-state index contributed by atoms with van der Waals surface area (Å²) in [5, 5.41) is 4.50. The summed E-state index contributed by atoms with van der Waals surface area (Å²) in [7, 11) is 0. The number of nitrogens with zero attached hydrogens (tertiary/aromatic N) is 1. The lowest BCUT2D eigenvalue weighted by molar-refractivity contribution is 0.420. The molecule has 0 aromatic heterocycles. The van der Waals surface area contributed by atoms with E-state index in [1.165, 1.54) is 12.1 Å². The molecule has 1 aliphatic heterocycles. The van der Waals surface area contributed by atoms with E-state index in [1.807, 2.05) is 6.92 Å². The predicted molar refractivity (Wildman–Crippen MR) is 79.6 cm³/mol. The van der Waals surface area contributed by atoms with Gasteiger partial charge in [0.05, 0.1) is 0 Å². The van der Waals surface area contributed by atoms with Crippen LogP contribution in [0.4, 0.5) is 5.69 Å². The number of hydrogen-bond donors (Lipinski definition) is 1. The van der Waals surface area contributed by atoms with Gasteiger partial charge in [0, 0.05) is 29.8 Å². The van der Waals surface area contributed by atoms with Crippen molar-refractivity contribution in [1.82, 2.24) is 5.32 Å². The van der Waals surface area contributed by atoms with Crippen molar-refractivity contribution in [2.75, 3.05) is 24.5 Å². The smallest absolute Gasteiger partial charge is 0.0455 e. The second-order valence-corrected chi connectivity index (χ2v) is 5.94. The molecule has 1 fully saturated rings. The molecule has 0 radical (unpaired) electrons. The highest BCUT2D eigenvalue weighted by Gasteiger charge is 2.20. The zero-order chi connectivity index (χ0) is 13.1. The number of halogens is 1. The van der Waals surface area contributed by atoms with Crippen LogP contribution >= 0.6 is 11.6 Å². The van der Waals surface area contributed by atoms with E-state index < -0.39 is 0 Å². The highest BCUT2D eigenvalue weighted by atomic mass is 35.5. The average molecular weight is 267 g/mol. The van der Waals surface area contributed by atoms with Crippen molar-refractivity contribution >= 4 is 17.3 Å². The van der Waals surface area contributed by atoms with E-state index in [-0.39, 0.29) is 0 Å². The standard InChI is InChI=1S/C15H23ClN2/c1-11(2)15-10-18(8-4-7-17-15)13-6-5-12(3)14(16)9-13/h5-6,9,11,15,17H,4,7-8,10H2,1-3H3. The Balaban J connectivity index is 2.17. The fraction of sp³-hybridized carbons (Fsp3) is 0.600. The number of anilines is 1. The largest absolute Gasteiger partial charge is 0.370 e. The van der Waals surface area contributed by atoms with Gasteiger partial charge in [-0.05, 0) is 43.5 Å². The molecule has 0 spiro atoms. The first-order valence-electron chi connectivity index (χ1n) is 6.82. The molecule has 1 aromatic rings. The minimum atomic E-state index is 0.563. The third-order valence-corrected chi connectivity index (χ3v) is 4.16. The quantitative estimate of drug-likeness (QED) is 0.882. The van der Waals surface area contributed by atoms with Gasteiger partial charge in [-0.25, -0.2) is 0 Å². The van der Waals surface area contributed by atoms with E-state index in [0.717, 1.165) is 30.2 Å². The maximum atomic E-state index is 6.23. The van der Waals surface area contributed by atoms with Gasteiger partial charge in [-0.2, -0.15) is 0 Å². The zero-order valence-corrected chi connectivity index (χ0v) is 12.3. The van der Waals surface area contributed by atoms with Crippen LogP contribution in [0.3, 0.4) is 0 Å². The Bertz CT molecular complexity index is 403. The number of aryl methyl sites for hydroxylation is 1. The summed E-state index contributed by atoms with van der Waals surface area (Å²) in [6, 6.07) is 6.96. The van der Waals surface area contributed by atoms with E-state index in [4.69, 9.17) is 11.6 Å². The van der Waals surface area contributed by atoms with Gasteiger partial charge in [-0.15, -0.1) is 0 Å². The lowest BCUT2D eigenvalue weighted by Crippen LogP contribution is -2.41. The summed E-state index contributed by atoms with van der Waals surface area (Å²) in [6.07, 6.45) is 1.19. The molecular formula is C15H23ClN2. The molecule has 0 saturated carbocycles. The minimum Gasteiger partial charge on any atom is -0.370 e. The Morgan fingerprint density at radius 1 is 1.39 bits per heavy atom. The SMILES string of the molecule is Cc1ccc(N2CCCNC(C(C)C)C2)cc1Cl. The van der Waals surface area contributed by atoms with Crippen LogP contribution in [0.2, 0.25) is 5.02 Å². The Morgan fingerprint density at radius 2 is 2.17 bits per heavy atom. The molecule has 0 bridgehead atoms. The average Bonchev–Trinajstić information content (AvgIpc) is 2.58. The molecule has 2 nitrogen and oxygen atoms in total. The molecule has 1 saturated heterocycles. The molecule has 1 N–H and O–H groups in total. The summed E-state index contributed by atoms with van der Waals surface area (Å²) in [5.41, 5.74) is 2.40. The third kappa shape index (κ3) is 3.18. The number of hydrogen-bond acceptors (Lipinski definition) is 2. The minimum absolute atomic E-state index is 0.563. The van der Waals surface area contributed by atoms with Gasteiger partial charge in [0.1, 0.15) is 0 Å². The molecule has 0 amide bonds. The van der Waals surface area contributed by atoms with Crippen molar-refractivity contribution in [1.29, 1.82) is 0 Å². The van der Waals surface area contributed by atoms with E-state index >= 15 is 0 Å². The summed E-state index contributed by atoms with van der Waals surface area (Å²) in [4.78, 5) is 2.45. The van der Waals surface area contributed by atoms with Crippen LogP contribution in [-0.4, -0.2) is 25.7 Å². The monoisotopic (exact) mass is 266 g/mol. The normalized spacial score (nSPS) is 21.2. The van der Waals surface area contributed by atoms with Gasteiger partial charge >= 0.3 is 0 Å². The van der Waals surface area contributed by atoms with Crippen molar-refractivity contribution in [3.05, 3.63) is 28.8 Å². The summed E-state index contributed by atoms with van der Waals surface area (Å²) in [5.74, 6) is 0.659. The Hall–Kier alpha value is -0.730. The van der Waals surface area contributed by atoms with Crippen molar-refractivity contribution in [3.63, 3.8) is 0 Å². The van der Waals surface area contributed by atoms with Crippen LogP contribution in [0.25, 0.3) is 0 Å². The van der Waals surface area contributed by atoms with Crippen molar-refractivity contribution in [3.8, 4) is 0 Å². The molecule has 2 rings (SSSR count). The van der Waals surface area contributed by atoms with Crippen molar-refractivity contribution in [2.45, 2.75) is 33.2 Å². The fourth-order valence-corrected chi connectivity index (χ4v) is 2.58. The fourth-order valence-electron chi connectivity index (χ4n) is 2.41. The van der Waals surface area contributed by atoms with Crippen molar-refractivity contribution in [2.24, 2.45) is 5.92 Å². The molecule has 1 aliphatic rings. The molecule has 3 heteroatoms. The first-order chi connectivity index (χ1) is 8.58. The Morgan fingerprint density at radius 3 is 2.83 bits per heavy atom. The highest BCUT2D eigenvalue weighted by molar-refractivity contribution is 6.31. The molecule has 1 unspecified atom stereocenters. The van der Waals surface area contributed by atoms with E-state index in [0.29, 0.717) is 12.0 Å².